The second-order valence-corrected chi connectivity index (χ2v) is 7.22. The number of nitrogens with zero attached hydrogens (tertiary/aromatic N) is 3. The molecule has 0 saturated carbocycles. The van der Waals surface area contributed by atoms with Gasteiger partial charge in [-0.3, -0.25) is 0 Å². The lowest BCUT2D eigenvalue weighted by Crippen LogP contribution is -2.23. The molecular weight excluding hydrogens is 433 g/mol. The molecule has 1 aliphatic rings. The first-order valence-electron chi connectivity index (χ1n) is 6.38. The predicted molar refractivity (Wildman–Crippen MR) is 81.3 cm³/mol. The Hall–Kier alpha value is -1.71. The van der Waals surface area contributed by atoms with E-state index in [4.69, 9.17) is 34.2 Å². The number of allylic oxidation sites excluding steroid dienone is 4. The van der Waals surface area contributed by atoms with Gasteiger partial charge in [0.25, 0.3) is 0 Å². The van der Waals surface area contributed by atoms with E-state index in [1.807, 2.05) is 0 Å². The molecule has 1 aromatic heterocycles. The molecule has 1 aromatic rings. The molecule has 0 saturated heterocycles. The maximum atomic E-state index is 12.8. The third-order valence-corrected chi connectivity index (χ3v) is 5.07. The van der Waals surface area contributed by atoms with Gasteiger partial charge in [-0.25, -0.2) is 8.89 Å². The summed E-state index contributed by atoms with van der Waals surface area (Å²) in [4.78, 5) is -1.12. The molecule has 142 valence electrons. The van der Waals surface area contributed by atoms with Crippen LogP contribution < -0.4 is 5.73 Å². The van der Waals surface area contributed by atoms with E-state index < -0.39 is 61.3 Å². The van der Waals surface area contributed by atoms with Gasteiger partial charge in [0.15, 0.2) is 16.5 Å². The second-order valence-electron chi connectivity index (χ2n) is 4.87. The van der Waals surface area contributed by atoms with Gasteiger partial charge in [0.2, 0.25) is 0 Å². The van der Waals surface area contributed by atoms with E-state index >= 15 is 0 Å². The van der Waals surface area contributed by atoms with Crippen LogP contribution in [0.2, 0.25) is 0 Å². The highest BCUT2D eigenvalue weighted by atomic mass is 35.5. The Balaban J connectivity index is 2.67. The van der Waals surface area contributed by atoms with Gasteiger partial charge in [-0.05, 0) is 12.5 Å². The zero-order chi connectivity index (χ0) is 20.0. The van der Waals surface area contributed by atoms with Crippen LogP contribution in [0, 0.1) is 11.3 Å². The Bertz CT molecular complexity index is 880. The van der Waals surface area contributed by atoms with E-state index in [1.165, 1.54) is 6.07 Å². The summed E-state index contributed by atoms with van der Waals surface area (Å²) in [6.07, 6.45) is -4.94. The van der Waals surface area contributed by atoms with Crippen molar-refractivity contribution in [3.63, 3.8) is 0 Å². The van der Waals surface area contributed by atoms with Crippen LogP contribution >= 0.6 is 23.2 Å². The van der Waals surface area contributed by atoms with Crippen LogP contribution in [0.1, 0.15) is 12.1 Å². The van der Waals surface area contributed by atoms with E-state index in [0.29, 0.717) is 10.8 Å². The summed E-state index contributed by atoms with van der Waals surface area (Å²) in [6, 6.07) is 1.30. The number of halogens is 8. The minimum absolute atomic E-state index is 0.360. The summed E-state index contributed by atoms with van der Waals surface area (Å²) in [7, 11) is -3.69. The largest absolute Gasteiger partial charge is 0.476 e. The molecule has 0 amide bonds. The third kappa shape index (κ3) is 3.70. The molecule has 0 fully saturated rings. The van der Waals surface area contributed by atoms with Gasteiger partial charge in [0, 0.05) is 5.57 Å². The third-order valence-electron chi connectivity index (χ3n) is 3.21. The summed E-state index contributed by atoms with van der Waals surface area (Å²) in [6.45, 7) is 0. The normalized spacial score (nSPS) is 20.0. The monoisotopic (exact) mass is 438 g/mol. The zero-order valence-corrected chi connectivity index (χ0v) is 14.4. The van der Waals surface area contributed by atoms with Gasteiger partial charge < -0.3 is 5.73 Å². The minimum atomic E-state index is -5.23. The van der Waals surface area contributed by atoms with Crippen molar-refractivity contribution in [2.45, 2.75) is 28.4 Å². The van der Waals surface area contributed by atoms with E-state index in [9.17, 15) is 30.6 Å². The zero-order valence-electron chi connectivity index (χ0n) is 12.1. The number of aromatic nitrogens is 2. The van der Waals surface area contributed by atoms with Crippen molar-refractivity contribution in [1.82, 2.24) is 9.78 Å². The summed E-state index contributed by atoms with van der Waals surface area (Å²) in [5.41, 5.74) is -2.05. The van der Waals surface area contributed by atoms with Crippen molar-refractivity contribution in [3.8, 4) is 6.07 Å². The second kappa shape index (κ2) is 6.79. The first-order valence-corrected chi connectivity index (χ1v) is 8.34. The number of alkyl halides is 7. The number of nitrogen functional groups attached to an aromatic ring is 1. The molecule has 0 spiro atoms. The summed E-state index contributed by atoms with van der Waals surface area (Å²) < 4.78 is 88.6. The van der Waals surface area contributed by atoms with Crippen molar-refractivity contribution in [1.29, 1.82) is 5.26 Å². The molecule has 5 nitrogen and oxygen atoms in total. The predicted octanol–water partition coefficient (Wildman–Crippen LogP) is 3.87. The Labute approximate surface area is 154 Å². The number of nitrogens with two attached hydrogens (primary N) is 1. The van der Waals surface area contributed by atoms with Crippen molar-refractivity contribution in [3.05, 3.63) is 22.4 Å². The first kappa shape index (κ1) is 20.6. The Kier molecular flexibility index (Phi) is 5.38. The number of nitriles is 1. The maximum Gasteiger partial charge on any atom is 0.476 e. The fraction of sp³-hybridized carbons (Fsp3) is 0.333. The number of rotatable bonds is 2. The molecule has 2 atom stereocenters. The van der Waals surface area contributed by atoms with Crippen LogP contribution in [-0.4, -0.2) is 31.1 Å². The Morgan fingerprint density at radius 1 is 1.35 bits per heavy atom. The van der Waals surface area contributed by atoms with Gasteiger partial charge in [-0.2, -0.15) is 36.7 Å². The molecule has 2 rings (SSSR count). The molecule has 2 N–H and O–H groups in total. The van der Waals surface area contributed by atoms with E-state index in [1.54, 1.807) is 0 Å². The fourth-order valence-electron chi connectivity index (χ4n) is 2.13. The number of hydrogen-bond acceptors (Lipinski definition) is 4. The van der Waals surface area contributed by atoms with Crippen molar-refractivity contribution >= 4 is 45.5 Å². The number of anilines is 1. The average molecular weight is 439 g/mol. The standard InChI is InChI=1S/C12H6Cl2F6N4OS/c13-5-1-4(11(15,16)17)2-6(14)8(5)24-10(22)9(7(3-21)23-24)26(25)12(18,19)20/h1,6H,2,22H2. The van der Waals surface area contributed by atoms with Crippen LogP contribution in [0.5, 0.6) is 0 Å². The summed E-state index contributed by atoms with van der Waals surface area (Å²) in [5.74, 6) is -0.861. The van der Waals surface area contributed by atoms with Crippen LogP contribution in [0.15, 0.2) is 21.6 Å². The highest BCUT2D eigenvalue weighted by molar-refractivity contribution is 7.86. The lowest BCUT2D eigenvalue weighted by atomic mass is 10.0. The van der Waals surface area contributed by atoms with Gasteiger partial charge in [-0.15, -0.1) is 11.6 Å². The van der Waals surface area contributed by atoms with Gasteiger partial charge in [0.1, 0.15) is 16.8 Å². The lowest BCUT2D eigenvalue weighted by Gasteiger charge is -2.24. The molecule has 0 aromatic carbocycles. The molecule has 14 heteroatoms. The smallest absolute Gasteiger partial charge is 0.383 e. The quantitative estimate of drug-likeness (QED) is 0.560. The van der Waals surface area contributed by atoms with Crippen molar-refractivity contribution in [2.24, 2.45) is 0 Å². The summed E-state index contributed by atoms with van der Waals surface area (Å²) >= 11 is 11.7. The maximum absolute atomic E-state index is 12.8. The van der Waals surface area contributed by atoms with Gasteiger partial charge in [-0.1, -0.05) is 11.6 Å². The highest BCUT2D eigenvalue weighted by Gasteiger charge is 2.44. The Morgan fingerprint density at radius 2 is 1.92 bits per heavy atom. The molecule has 0 radical (unpaired) electrons. The Morgan fingerprint density at radius 3 is 2.35 bits per heavy atom. The lowest BCUT2D eigenvalue weighted by molar-refractivity contribution is -0.0939. The molecule has 1 heterocycles. The van der Waals surface area contributed by atoms with Crippen LogP contribution in [-0.2, 0) is 10.8 Å². The highest BCUT2D eigenvalue weighted by Crippen LogP contribution is 2.42. The molecule has 0 aliphatic heterocycles. The van der Waals surface area contributed by atoms with E-state index in [2.05, 4.69) is 5.10 Å². The molecule has 2 unspecified atom stereocenters. The molecule has 26 heavy (non-hydrogen) atoms. The van der Waals surface area contributed by atoms with Crippen molar-refractivity contribution < 1.29 is 30.6 Å². The fourth-order valence-corrected chi connectivity index (χ4v) is 3.67. The van der Waals surface area contributed by atoms with Crippen molar-refractivity contribution in [2.75, 3.05) is 5.73 Å². The molecule has 0 bridgehead atoms. The molecule has 1 aliphatic carbocycles. The van der Waals surface area contributed by atoms with Gasteiger partial charge >= 0.3 is 11.7 Å². The van der Waals surface area contributed by atoms with Crippen LogP contribution in [0.4, 0.5) is 32.2 Å². The SMILES string of the molecule is N#Cc1nn(C2=C(Cl)C=C(C(F)(F)F)CC2Cl)c(N)c1S(=O)C(F)(F)F. The first-order chi connectivity index (χ1) is 11.8. The minimum Gasteiger partial charge on any atom is -0.383 e. The van der Waals surface area contributed by atoms with E-state index in [-0.39, 0.29) is 5.70 Å². The van der Waals surface area contributed by atoms with Crippen LogP contribution in [0.25, 0.3) is 5.70 Å². The summed E-state index contributed by atoms with van der Waals surface area (Å²) in [5, 5.41) is 10.4. The molecular formula is C12H6Cl2F6N4OS. The topological polar surface area (TPSA) is 84.7 Å². The van der Waals surface area contributed by atoms with E-state index in [0.717, 1.165) is 0 Å². The van der Waals surface area contributed by atoms with Gasteiger partial charge in [0.05, 0.1) is 16.1 Å². The van der Waals surface area contributed by atoms with Crippen LogP contribution in [0.3, 0.4) is 0 Å². The average Bonchev–Trinajstić information content (AvgIpc) is 2.80. The number of hydrogen-bond donors (Lipinski definition) is 1.